The number of rotatable bonds is 7. The maximum absolute atomic E-state index is 13.0. The van der Waals surface area contributed by atoms with E-state index in [4.69, 9.17) is 13.5 Å². The maximum Gasteiger partial charge on any atom is 0.437 e. The van der Waals surface area contributed by atoms with Gasteiger partial charge >= 0.3 is 7.75 Å². The van der Waals surface area contributed by atoms with Crippen LogP contribution in [0, 0.1) is 6.92 Å². The molecule has 1 aromatic heterocycles. The van der Waals surface area contributed by atoms with E-state index in [9.17, 15) is 9.36 Å². The smallest absolute Gasteiger partial charge is 0.419 e. The normalized spacial score (nSPS) is 11.4. The van der Waals surface area contributed by atoms with Gasteiger partial charge in [-0.15, -0.1) is 10.2 Å². The van der Waals surface area contributed by atoms with Gasteiger partial charge in [0.1, 0.15) is 6.54 Å². The Labute approximate surface area is 162 Å². The lowest BCUT2D eigenvalue weighted by atomic mass is 10.1. The number of aromatic nitrogens is 2. The van der Waals surface area contributed by atoms with E-state index in [1.807, 2.05) is 31.2 Å². The van der Waals surface area contributed by atoms with E-state index in [1.54, 1.807) is 30.3 Å². The molecule has 0 atom stereocenters. The van der Waals surface area contributed by atoms with Crippen molar-refractivity contribution < 1.29 is 22.8 Å². The van der Waals surface area contributed by atoms with Gasteiger partial charge in [-0.05, 0) is 31.2 Å². The average molecular weight is 401 g/mol. The van der Waals surface area contributed by atoms with Crippen LogP contribution in [0.3, 0.4) is 0 Å². The summed E-state index contributed by atoms with van der Waals surface area (Å²) in [5.74, 6) is -0.135. The largest absolute Gasteiger partial charge is 0.437 e. The summed E-state index contributed by atoms with van der Waals surface area (Å²) >= 11 is 0. The summed E-state index contributed by atoms with van der Waals surface area (Å²) in [7, 11) is -1.47. The summed E-state index contributed by atoms with van der Waals surface area (Å²) in [5, 5.41) is 7.98. The molecule has 0 aliphatic carbocycles. The SMILES string of the molecule is COP(=O)(OC)N(Cc1nnc(-c2ccc(C)cc2)o1)C(=O)c1ccccc1. The third-order valence-electron chi connectivity index (χ3n) is 4.06. The zero-order valence-corrected chi connectivity index (χ0v) is 16.6. The van der Waals surface area contributed by atoms with Crippen LogP contribution >= 0.6 is 7.75 Å². The Morgan fingerprint density at radius 3 is 2.29 bits per heavy atom. The number of aryl methyl sites for hydroxylation is 1. The Morgan fingerprint density at radius 2 is 1.68 bits per heavy atom. The first-order valence-corrected chi connectivity index (χ1v) is 9.94. The highest BCUT2D eigenvalue weighted by atomic mass is 31.2. The Bertz CT molecular complexity index is 980. The van der Waals surface area contributed by atoms with Crippen LogP contribution in [0.25, 0.3) is 11.5 Å². The molecule has 0 aliphatic rings. The first kappa shape index (κ1) is 19.9. The van der Waals surface area contributed by atoms with Gasteiger partial charge in [0.2, 0.25) is 11.8 Å². The fraction of sp³-hybridized carbons (Fsp3) is 0.211. The van der Waals surface area contributed by atoms with Crippen molar-refractivity contribution in [1.82, 2.24) is 14.9 Å². The van der Waals surface area contributed by atoms with Gasteiger partial charge in [0.15, 0.2) is 0 Å². The van der Waals surface area contributed by atoms with Crippen LogP contribution in [0.5, 0.6) is 0 Å². The molecule has 3 aromatic rings. The number of carbonyl (C=O) groups is 1. The molecule has 0 unspecified atom stereocenters. The van der Waals surface area contributed by atoms with Crippen LogP contribution in [-0.2, 0) is 20.2 Å². The second-order valence-corrected chi connectivity index (χ2v) is 8.08. The summed E-state index contributed by atoms with van der Waals surface area (Å²) in [4.78, 5) is 12.9. The van der Waals surface area contributed by atoms with Crippen LogP contribution < -0.4 is 0 Å². The van der Waals surface area contributed by atoms with E-state index in [0.717, 1.165) is 15.8 Å². The van der Waals surface area contributed by atoms with E-state index in [0.29, 0.717) is 11.5 Å². The first-order valence-electron chi connectivity index (χ1n) is 8.45. The highest BCUT2D eigenvalue weighted by molar-refractivity contribution is 7.52. The Hall–Kier alpha value is -2.80. The molecule has 28 heavy (non-hydrogen) atoms. The predicted octanol–water partition coefficient (Wildman–Crippen LogP) is 4.09. The molecule has 2 aromatic carbocycles. The minimum Gasteiger partial charge on any atom is -0.419 e. The molecule has 0 saturated heterocycles. The van der Waals surface area contributed by atoms with Crippen molar-refractivity contribution >= 4 is 13.7 Å². The summed E-state index contributed by atoms with van der Waals surface area (Å²) in [6, 6.07) is 16.0. The van der Waals surface area contributed by atoms with Crippen molar-refractivity contribution in [1.29, 1.82) is 0 Å². The van der Waals surface area contributed by atoms with Crippen molar-refractivity contribution in [2.75, 3.05) is 14.2 Å². The third-order valence-corrected chi connectivity index (χ3v) is 5.90. The number of benzene rings is 2. The molecule has 0 N–H and O–H groups in total. The highest BCUT2D eigenvalue weighted by Crippen LogP contribution is 2.51. The van der Waals surface area contributed by atoms with Crippen LogP contribution in [0.2, 0.25) is 0 Å². The van der Waals surface area contributed by atoms with Gasteiger partial charge in [-0.3, -0.25) is 13.8 Å². The number of carbonyl (C=O) groups excluding carboxylic acids is 1. The standard InChI is InChI=1S/C19H20N3O5P/c1-14-9-11-15(12-10-14)18-21-20-17(27-18)13-22(28(24,25-2)26-3)19(23)16-7-5-4-6-8-16/h4-12H,13H2,1-3H3. The van der Waals surface area contributed by atoms with E-state index in [2.05, 4.69) is 10.2 Å². The van der Waals surface area contributed by atoms with Crippen molar-refractivity contribution in [2.24, 2.45) is 0 Å². The zero-order chi connectivity index (χ0) is 20.1. The van der Waals surface area contributed by atoms with E-state index < -0.39 is 13.7 Å². The molecule has 1 amide bonds. The summed E-state index contributed by atoms with van der Waals surface area (Å²) in [6.45, 7) is 1.74. The molecule has 0 radical (unpaired) electrons. The molecule has 9 heteroatoms. The molecule has 1 heterocycles. The Balaban J connectivity index is 1.91. The van der Waals surface area contributed by atoms with Gasteiger partial charge in [0.05, 0.1) is 0 Å². The summed E-state index contributed by atoms with van der Waals surface area (Å²) < 4.78 is 29.6. The predicted molar refractivity (Wildman–Crippen MR) is 102 cm³/mol. The second kappa shape index (κ2) is 8.48. The Morgan fingerprint density at radius 1 is 1.04 bits per heavy atom. The van der Waals surface area contributed by atoms with Gasteiger partial charge in [-0.1, -0.05) is 35.9 Å². The van der Waals surface area contributed by atoms with Crippen LogP contribution in [0.15, 0.2) is 59.0 Å². The lowest BCUT2D eigenvalue weighted by molar-refractivity contribution is 0.0788. The molecule has 3 rings (SSSR count). The van der Waals surface area contributed by atoms with Gasteiger partial charge < -0.3 is 4.42 Å². The van der Waals surface area contributed by atoms with Crippen molar-refractivity contribution in [2.45, 2.75) is 13.5 Å². The molecule has 0 spiro atoms. The summed E-state index contributed by atoms with van der Waals surface area (Å²) in [6.07, 6.45) is 0. The van der Waals surface area contributed by atoms with Crippen LogP contribution in [0.1, 0.15) is 21.8 Å². The zero-order valence-electron chi connectivity index (χ0n) is 15.7. The first-order chi connectivity index (χ1) is 13.5. The van der Waals surface area contributed by atoms with Gasteiger partial charge in [0, 0.05) is 25.3 Å². The molecule has 0 saturated carbocycles. The molecular formula is C19H20N3O5P. The molecule has 0 fully saturated rings. The minimum absolute atomic E-state index is 0.106. The number of hydrogen-bond donors (Lipinski definition) is 0. The summed E-state index contributed by atoms with van der Waals surface area (Å²) in [5.41, 5.74) is 2.17. The number of amides is 1. The monoisotopic (exact) mass is 401 g/mol. The molecule has 8 nitrogen and oxygen atoms in total. The van der Waals surface area contributed by atoms with Crippen molar-refractivity contribution in [3.8, 4) is 11.5 Å². The van der Waals surface area contributed by atoms with E-state index in [1.165, 1.54) is 14.2 Å². The lowest BCUT2D eigenvalue weighted by Gasteiger charge is -2.26. The van der Waals surface area contributed by atoms with Crippen molar-refractivity contribution in [3.63, 3.8) is 0 Å². The topological polar surface area (TPSA) is 94.8 Å². The van der Waals surface area contributed by atoms with Crippen LogP contribution in [0.4, 0.5) is 0 Å². The van der Waals surface area contributed by atoms with Gasteiger partial charge in [0.25, 0.3) is 5.91 Å². The molecule has 0 bridgehead atoms. The third kappa shape index (κ3) is 4.20. The minimum atomic E-state index is -3.89. The van der Waals surface area contributed by atoms with Crippen molar-refractivity contribution in [3.05, 3.63) is 71.6 Å². The molecular weight excluding hydrogens is 381 g/mol. The quantitative estimate of drug-likeness (QED) is 0.550. The van der Waals surface area contributed by atoms with E-state index >= 15 is 0 Å². The number of nitrogens with zero attached hydrogens (tertiary/aromatic N) is 3. The maximum atomic E-state index is 13.0. The fourth-order valence-electron chi connectivity index (χ4n) is 2.53. The van der Waals surface area contributed by atoms with Gasteiger partial charge in [-0.2, -0.15) is 0 Å². The molecule has 0 aliphatic heterocycles. The average Bonchev–Trinajstić information content (AvgIpc) is 3.21. The lowest BCUT2D eigenvalue weighted by Crippen LogP contribution is -2.29. The molecule has 146 valence electrons. The van der Waals surface area contributed by atoms with Gasteiger partial charge in [-0.25, -0.2) is 9.24 Å². The Kier molecular flexibility index (Phi) is 6.04. The number of hydrogen-bond acceptors (Lipinski definition) is 7. The van der Waals surface area contributed by atoms with E-state index in [-0.39, 0.29) is 12.4 Å². The fourth-order valence-corrected chi connectivity index (χ4v) is 3.70. The van der Waals surface area contributed by atoms with Crippen LogP contribution in [-0.4, -0.2) is 35.0 Å². The second-order valence-electron chi connectivity index (χ2n) is 5.93. The highest BCUT2D eigenvalue weighted by Gasteiger charge is 2.37.